The van der Waals surface area contributed by atoms with Crippen molar-refractivity contribution in [3.8, 4) is 16.9 Å². The summed E-state index contributed by atoms with van der Waals surface area (Å²) in [7, 11) is 1.73. The van der Waals surface area contributed by atoms with E-state index in [4.69, 9.17) is 4.74 Å². The molecule has 0 bridgehead atoms. The second-order valence-electron chi connectivity index (χ2n) is 4.82. The van der Waals surface area contributed by atoms with E-state index >= 15 is 0 Å². The summed E-state index contributed by atoms with van der Waals surface area (Å²) in [6.45, 7) is 0.878. The topological polar surface area (TPSA) is 21.3 Å². The molecule has 0 aliphatic heterocycles. The van der Waals surface area contributed by atoms with Gasteiger partial charge in [-0.25, -0.2) is 0 Å². The lowest BCUT2D eigenvalue weighted by molar-refractivity contribution is 0.407. The number of methoxy groups -OCH3 is 1. The predicted octanol–water partition coefficient (Wildman–Crippen LogP) is 4.44. The molecule has 1 saturated carbocycles. The zero-order valence-corrected chi connectivity index (χ0v) is 13.2. The minimum Gasteiger partial charge on any atom is -0.496 e. The quantitative estimate of drug-likeness (QED) is 0.870. The lowest BCUT2D eigenvalue weighted by atomic mass is 10.0. The third-order valence-electron chi connectivity index (χ3n) is 3.36. The summed E-state index contributed by atoms with van der Waals surface area (Å²) in [5, 5.41) is 7.83. The van der Waals surface area contributed by atoms with Gasteiger partial charge >= 0.3 is 0 Å². The Morgan fingerprint density at radius 1 is 1.37 bits per heavy atom. The summed E-state index contributed by atoms with van der Waals surface area (Å²) in [6, 6.07) is 7.11. The summed E-state index contributed by atoms with van der Waals surface area (Å²) in [5.41, 5.74) is 3.71. The second kappa shape index (κ2) is 5.65. The van der Waals surface area contributed by atoms with Crippen molar-refractivity contribution in [3.63, 3.8) is 0 Å². The molecule has 2 nitrogen and oxygen atoms in total. The molecule has 3 rings (SSSR count). The van der Waals surface area contributed by atoms with Crippen molar-refractivity contribution < 1.29 is 4.74 Å². The highest BCUT2D eigenvalue weighted by Crippen LogP contribution is 2.34. The number of benzene rings is 1. The average Bonchev–Trinajstić information content (AvgIpc) is 3.17. The first-order chi connectivity index (χ1) is 9.28. The van der Waals surface area contributed by atoms with Crippen molar-refractivity contribution >= 4 is 27.3 Å². The van der Waals surface area contributed by atoms with E-state index in [-0.39, 0.29) is 0 Å². The molecule has 0 spiro atoms. The van der Waals surface area contributed by atoms with Crippen molar-refractivity contribution in [3.05, 3.63) is 39.0 Å². The van der Waals surface area contributed by atoms with Gasteiger partial charge in [0.1, 0.15) is 5.75 Å². The molecule has 1 aliphatic rings. The number of hydrogen-bond donors (Lipinski definition) is 1. The number of halogens is 1. The van der Waals surface area contributed by atoms with Crippen LogP contribution in [0.5, 0.6) is 5.75 Å². The summed E-state index contributed by atoms with van der Waals surface area (Å²) < 4.78 is 6.61. The molecular formula is C15H16BrNOS. The zero-order valence-electron chi connectivity index (χ0n) is 10.8. The van der Waals surface area contributed by atoms with Crippen molar-refractivity contribution in [2.24, 2.45) is 0 Å². The summed E-state index contributed by atoms with van der Waals surface area (Å²) in [5.74, 6) is 0.961. The van der Waals surface area contributed by atoms with Gasteiger partial charge in [-0.2, -0.15) is 11.3 Å². The van der Waals surface area contributed by atoms with Crippen LogP contribution in [-0.4, -0.2) is 13.2 Å². The Kier molecular flexibility index (Phi) is 3.91. The highest BCUT2D eigenvalue weighted by molar-refractivity contribution is 9.10. The smallest absolute Gasteiger partial charge is 0.123 e. The minimum absolute atomic E-state index is 0.709. The molecule has 4 heteroatoms. The van der Waals surface area contributed by atoms with Crippen LogP contribution in [-0.2, 0) is 6.54 Å². The first kappa shape index (κ1) is 13.2. The zero-order chi connectivity index (χ0) is 13.2. The Hall–Kier alpha value is -0.840. The van der Waals surface area contributed by atoms with E-state index in [1.165, 1.54) is 29.5 Å². The Balaban J connectivity index is 1.89. The number of rotatable bonds is 5. The Labute approximate surface area is 125 Å². The summed E-state index contributed by atoms with van der Waals surface area (Å²) >= 11 is 5.31. The van der Waals surface area contributed by atoms with Crippen molar-refractivity contribution in [2.45, 2.75) is 25.4 Å². The van der Waals surface area contributed by atoms with Crippen LogP contribution in [0.4, 0.5) is 0 Å². The maximum absolute atomic E-state index is 5.45. The van der Waals surface area contributed by atoms with E-state index in [0.717, 1.165) is 16.8 Å². The van der Waals surface area contributed by atoms with Crippen molar-refractivity contribution in [1.82, 2.24) is 5.32 Å². The van der Waals surface area contributed by atoms with Crippen LogP contribution in [0.2, 0.25) is 0 Å². The maximum Gasteiger partial charge on any atom is 0.123 e. The van der Waals surface area contributed by atoms with Crippen LogP contribution in [0.3, 0.4) is 0 Å². The molecule has 2 aromatic rings. The fourth-order valence-electron chi connectivity index (χ4n) is 2.11. The van der Waals surface area contributed by atoms with E-state index in [1.807, 2.05) is 0 Å². The molecule has 100 valence electrons. The molecule has 0 radical (unpaired) electrons. The van der Waals surface area contributed by atoms with E-state index < -0.39 is 0 Å². The van der Waals surface area contributed by atoms with E-state index in [9.17, 15) is 0 Å². The highest BCUT2D eigenvalue weighted by Gasteiger charge is 2.20. The van der Waals surface area contributed by atoms with Gasteiger partial charge < -0.3 is 10.1 Å². The molecule has 0 unspecified atom stereocenters. The fraction of sp³-hybridized carbons (Fsp3) is 0.333. The molecule has 1 fully saturated rings. The first-order valence-electron chi connectivity index (χ1n) is 6.40. The first-order valence-corrected chi connectivity index (χ1v) is 8.14. The van der Waals surface area contributed by atoms with Crippen molar-refractivity contribution in [1.29, 1.82) is 0 Å². The molecule has 19 heavy (non-hydrogen) atoms. The predicted molar refractivity (Wildman–Crippen MR) is 83.9 cm³/mol. The standard InChI is InChI=1S/C15H16BrNOS/c1-18-15-5-2-10(13-8-19-9-14(13)16)6-11(15)7-17-12-3-4-12/h2,5-6,8-9,12,17H,3-4,7H2,1H3. The Morgan fingerprint density at radius 3 is 2.84 bits per heavy atom. The SMILES string of the molecule is COc1ccc(-c2cscc2Br)cc1CNC1CC1. The normalized spacial score (nSPS) is 14.6. The fourth-order valence-corrected chi connectivity index (χ4v) is 3.65. The summed E-state index contributed by atoms with van der Waals surface area (Å²) in [6.07, 6.45) is 2.61. The lowest BCUT2D eigenvalue weighted by Gasteiger charge is -2.11. The van der Waals surface area contributed by atoms with Gasteiger partial charge in [0.15, 0.2) is 0 Å². The van der Waals surface area contributed by atoms with Crippen LogP contribution in [0, 0.1) is 0 Å². The van der Waals surface area contributed by atoms with E-state index in [1.54, 1.807) is 18.4 Å². The Morgan fingerprint density at radius 2 is 2.21 bits per heavy atom. The largest absolute Gasteiger partial charge is 0.496 e. The van der Waals surface area contributed by atoms with Gasteiger partial charge in [-0.1, -0.05) is 6.07 Å². The van der Waals surface area contributed by atoms with Gasteiger partial charge in [0.2, 0.25) is 0 Å². The molecule has 1 aromatic carbocycles. The van der Waals surface area contributed by atoms with E-state index in [2.05, 4.69) is 50.2 Å². The number of nitrogens with one attached hydrogen (secondary N) is 1. The number of ether oxygens (including phenoxy) is 1. The van der Waals surface area contributed by atoms with Crippen LogP contribution < -0.4 is 10.1 Å². The van der Waals surface area contributed by atoms with Crippen LogP contribution in [0.1, 0.15) is 18.4 Å². The van der Waals surface area contributed by atoms with Gasteiger partial charge in [0.05, 0.1) is 7.11 Å². The molecular weight excluding hydrogens is 322 g/mol. The van der Waals surface area contributed by atoms with Gasteiger partial charge in [-0.15, -0.1) is 0 Å². The van der Waals surface area contributed by atoms with Gasteiger partial charge in [-0.3, -0.25) is 0 Å². The second-order valence-corrected chi connectivity index (χ2v) is 6.41. The van der Waals surface area contributed by atoms with Crippen LogP contribution >= 0.6 is 27.3 Å². The molecule has 1 aliphatic carbocycles. The average molecular weight is 338 g/mol. The van der Waals surface area contributed by atoms with Gasteiger partial charge in [0, 0.05) is 33.6 Å². The third-order valence-corrected chi connectivity index (χ3v) is 5.07. The van der Waals surface area contributed by atoms with Crippen LogP contribution in [0.15, 0.2) is 33.4 Å². The molecule has 0 amide bonds. The Bertz CT molecular complexity index is 577. The highest BCUT2D eigenvalue weighted by atomic mass is 79.9. The summed E-state index contributed by atoms with van der Waals surface area (Å²) in [4.78, 5) is 0. The molecule has 0 atom stereocenters. The number of thiophene rings is 1. The third kappa shape index (κ3) is 3.02. The monoisotopic (exact) mass is 337 g/mol. The molecule has 1 N–H and O–H groups in total. The van der Waals surface area contributed by atoms with Crippen LogP contribution in [0.25, 0.3) is 11.1 Å². The maximum atomic E-state index is 5.45. The molecule has 1 aromatic heterocycles. The molecule has 0 saturated heterocycles. The molecule has 1 heterocycles. The number of hydrogen-bond acceptors (Lipinski definition) is 3. The minimum atomic E-state index is 0.709. The van der Waals surface area contributed by atoms with Gasteiger partial charge in [0.25, 0.3) is 0 Å². The lowest BCUT2D eigenvalue weighted by Crippen LogP contribution is -2.15. The van der Waals surface area contributed by atoms with E-state index in [0.29, 0.717) is 6.04 Å². The van der Waals surface area contributed by atoms with Crippen molar-refractivity contribution in [2.75, 3.05) is 7.11 Å². The van der Waals surface area contributed by atoms with Gasteiger partial charge in [-0.05, 0) is 51.8 Å².